The number of carbonyl (C=O) groups is 2. The fraction of sp³-hybridized carbons (Fsp3) is 0.250. The summed E-state index contributed by atoms with van der Waals surface area (Å²) in [6.45, 7) is 0.376. The molecule has 4 rings (SSSR count). The highest BCUT2D eigenvalue weighted by Gasteiger charge is 2.26. The third-order valence-electron chi connectivity index (χ3n) is 5.49. The molecular formula is C24H24N2O6S. The van der Waals surface area contributed by atoms with E-state index >= 15 is 0 Å². The van der Waals surface area contributed by atoms with Gasteiger partial charge in [0.05, 0.1) is 4.90 Å². The zero-order chi connectivity index (χ0) is 23.4. The topological polar surface area (TPSA) is 113 Å². The quantitative estimate of drug-likeness (QED) is 0.535. The van der Waals surface area contributed by atoms with Crippen LogP contribution in [0.4, 0.5) is 5.69 Å². The first-order valence-electron chi connectivity index (χ1n) is 10.6. The van der Waals surface area contributed by atoms with Crippen molar-refractivity contribution in [2.45, 2.75) is 24.2 Å². The van der Waals surface area contributed by atoms with E-state index in [1.165, 1.54) is 28.6 Å². The van der Waals surface area contributed by atoms with E-state index < -0.39 is 28.5 Å². The van der Waals surface area contributed by atoms with Crippen molar-refractivity contribution in [1.82, 2.24) is 4.31 Å². The average Bonchev–Trinajstić information content (AvgIpc) is 2.83. The number of hydrogen-bond donors (Lipinski definition) is 2. The number of benzene rings is 3. The first-order valence-corrected chi connectivity index (χ1v) is 12.1. The number of sulfonamides is 1. The van der Waals surface area contributed by atoms with Gasteiger partial charge in [-0.1, -0.05) is 36.8 Å². The number of esters is 1. The lowest BCUT2D eigenvalue weighted by Gasteiger charge is -2.26. The van der Waals surface area contributed by atoms with Gasteiger partial charge >= 0.3 is 5.97 Å². The highest BCUT2D eigenvalue weighted by Crippen LogP contribution is 2.26. The predicted octanol–water partition coefficient (Wildman–Crippen LogP) is 3.52. The molecule has 172 valence electrons. The Bertz CT molecular complexity index is 1300. The number of nitrogens with zero attached hydrogens (tertiary/aromatic N) is 1. The summed E-state index contributed by atoms with van der Waals surface area (Å²) in [7, 11) is -3.64. The number of ether oxygens (including phenoxy) is 1. The molecule has 0 atom stereocenters. The Labute approximate surface area is 191 Å². The van der Waals surface area contributed by atoms with Gasteiger partial charge in [0.15, 0.2) is 6.61 Å². The maximum atomic E-state index is 12.8. The highest BCUT2D eigenvalue weighted by molar-refractivity contribution is 7.89. The van der Waals surface area contributed by atoms with Crippen molar-refractivity contribution in [2.75, 3.05) is 25.0 Å². The molecule has 33 heavy (non-hydrogen) atoms. The molecule has 3 aromatic rings. The van der Waals surface area contributed by atoms with Crippen molar-refractivity contribution in [3.05, 3.63) is 66.2 Å². The summed E-state index contributed by atoms with van der Waals surface area (Å²) in [4.78, 5) is 24.8. The van der Waals surface area contributed by atoms with Crippen LogP contribution in [0.2, 0.25) is 0 Å². The minimum Gasteiger partial charge on any atom is -0.507 e. The molecule has 1 aliphatic rings. The van der Waals surface area contributed by atoms with Gasteiger partial charge in [-0.05, 0) is 53.9 Å². The molecular weight excluding hydrogens is 444 g/mol. The molecule has 3 aromatic carbocycles. The van der Waals surface area contributed by atoms with Gasteiger partial charge in [0, 0.05) is 18.8 Å². The van der Waals surface area contributed by atoms with Gasteiger partial charge in [-0.3, -0.25) is 4.79 Å². The van der Waals surface area contributed by atoms with E-state index in [1.54, 1.807) is 24.3 Å². The molecule has 1 amide bonds. The van der Waals surface area contributed by atoms with Gasteiger partial charge in [-0.15, -0.1) is 0 Å². The standard InChI is InChI=1S/C24H24N2O6S/c27-22-14-18-8-3-2-7-17(18)13-21(22)24(29)32-16-23(28)25-19-9-6-10-20(15-19)33(30,31)26-11-4-1-5-12-26/h2-3,6-10,13-15,27H,1,4-5,11-12,16H2,(H,25,28). The molecule has 9 heteroatoms. The van der Waals surface area contributed by atoms with E-state index in [9.17, 15) is 23.1 Å². The SMILES string of the molecule is O=C(COC(=O)c1cc2ccccc2cc1O)Nc1cccc(S(=O)(=O)N2CCCCC2)c1. The van der Waals surface area contributed by atoms with Crippen LogP contribution in [0.1, 0.15) is 29.6 Å². The van der Waals surface area contributed by atoms with Crippen LogP contribution < -0.4 is 5.32 Å². The lowest BCUT2D eigenvalue weighted by atomic mass is 10.1. The van der Waals surface area contributed by atoms with Crippen LogP contribution >= 0.6 is 0 Å². The Morgan fingerprint density at radius 2 is 1.64 bits per heavy atom. The Balaban J connectivity index is 1.40. The maximum Gasteiger partial charge on any atom is 0.342 e. The number of rotatable bonds is 6. The second-order valence-corrected chi connectivity index (χ2v) is 9.77. The fourth-order valence-corrected chi connectivity index (χ4v) is 5.35. The molecule has 1 fully saturated rings. The van der Waals surface area contributed by atoms with E-state index in [-0.39, 0.29) is 21.9 Å². The molecule has 1 heterocycles. The third kappa shape index (κ3) is 5.15. The van der Waals surface area contributed by atoms with Crippen molar-refractivity contribution in [3.8, 4) is 5.75 Å². The van der Waals surface area contributed by atoms with Crippen LogP contribution in [0.3, 0.4) is 0 Å². The normalized spacial score (nSPS) is 14.7. The van der Waals surface area contributed by atoms with E-state index in [1.807, 2.05) is 12.1 Å². The van der Waals surface area contributed by atoms with Gasteiger partial charge in [0.25, 0.3) is 5.91 Å². The third-order valence-corrected chi connectivity index (χ3v) is 7.38. The van der Waals surface area contributed by atoms with Gasteiger partial charge < -0.3 is 15.2 Å². The molecule has 1 saturated heterocycles. The van der Waals surface area contributed by atoms with E-state index in [0.29, 0.717) is 13.1 Å². The summed E-state index contributed by atoms with van der Waals surface area (Å²) < 4.78 is 32.2. The Hall–Kier alpha value is -3.43. The van der Waals surface area contributed by atoms with Crippen molar-refractivity contribution in [3.63, 3.8) is 0 Å². The molecule has 0 radical (unpaired) electrons. The van der Waals surface area contributed by atoms with Crippen LogP contribution in [0.25, 0.3) is 10.8 Å². The summed E-state index contributed by atoms with van der Waals surface area (Å²) in [6.07, 6.45) is 2.67. The molecule has 0 bridgehead atoms. The van der Waals surface area contributed by atoms with Gasteiger partial charge in [0.1, 0.15) is 11.3 Å². The first-order chi connectivity index (χ1) is 15.8. The zero-order valence-electron chi connectivity index (χ0n) is 17.9. The van der Waals surface area contributed by atoms with Gasteiger partial charge in [-0.2, -0.15) is 4.31 Å². The molecule has 0 aliphatic carbocycles. The number of amides is 1. The minimum absolute atomic E-state index is 0.0453. The summed E-state index contributed by atoms with van der Waals surface area (Å²) >= 11 is 0. The van der Waals surface area contributed by atoms with Crippen LogP contribution in [0.15, 0.2) is 65.6 Å². The number of hydrogen-bond acceptors (Lipinski definition) is 6. The summed E-state index contributed by atoms with van der Waals surface area (Å²) in [6, 6.07) is 16.2. The monoisotopic (exact) mass is 468 g/mol. The second kappa shape index (κ2) is 9.60. The highest BCUT2D eigenvalue weighted by atomic mass is 32.2. The lowest BCUT2D eigenvalue weighted by molar-refractivity contribution is -0.119. The number of carbonyl (C=O) groups excluding carboxylic acids is 2. The van der Waals surface area contributed by atoms with E-state index in [2.05, 4.69) is 5.32 Å². The van der Waals surface area contributed by atoms with E-state index in [4.69, 9.17) is 4.74 Å². The fourth-order valence-electron chi connectivity index (χ4n) is 3.79. The number of phenolic OH excluding ortho intramolecular Hbond substituents is 1. The maximum absolute atomic E-state index is 12.8. The van der Waals surface area contributed by atoms with Crippen LogP contribution in [-0.4, -0.2) is 49.4 Å². The van der Waals surface area contributed by atoms with Crippen LogP contribution in [0, 0.1) is 0 Å². The zero-order valence-corrected chi connectivity index (χ0v) is 18.7. The summed E-state index contributed by atoms with van der Waals surface area (Å²) in [5, 5.41) is 14.2. The largest absolute Gasteiger partial charge is 0.507 e. The molecule has 2 N–H and O–H groups in total. The Morgan fingerprint density at radius 1 is 0.939 bits per heavy atom. The average molecular weight is 469 g/mol. The number of phenols is 1. The molecule has 8 nitrogen and oxygen atoms in total. The van der Waals surface area contributed by atoms with Crippen molar-refractivity contribution >= 4 is 38.4 Å². The van der Waals surface area contributed by atoms with Crippen molar-refractivity contribution in [2.24, 2.45) is 0 Å². The van der Waals surface area contributed by atoms with Gasteiger partial charge in [-0.25, -0.2) is 13.2 Å². The number of anilines is 1. The lowest BCUT2D eigenvalue weighted by Crippen LogP contribution is -2.35. The first kappa shape index (κ1) is 22.8. The minimum atomic E-state index is -3.64. The van der Waals surface area contributed by atoms with E-state index in [0.717, 1.165) is 30.0 Å². The van der Waals surface area contributed by atoms with Crippen molar-refractivity contribution < 1.29 is 27.9 Å². The Kier molecular flexibility index (Phi) is 6.62. The predicted molar refractivity (Wildman–Crippen MR) is 124 cm³/mol. The smallest absolute Gasteiger partial charge is 0.342 e. The van der Waals surface area contributed by atoms with Gasteiger partial charge in [0.2, 0.25) is 10.0 Å². The number of fused-ring (bicyclic) bond motifs is 1. The molecule has 0 aromatic heterocycles. The molecule has 0 saturated carbocycles. The summed E-state index contributed by atoms with van der Waals surface area (Å²) in [5.74, 6) is -1.71. The number of aromatic hydroxyl groups is 1. The van der Waals surface area contributed by atoms with Crippen molar-refractivity contribution in [1.29, 1.82) is 0 Å². The van der Waals surface area contributed by atoms with Crippen LogP contribution in [-0.2, 0) is 19.6 Å². The molecule has 0 unspecified atom stereocenters. The van der Waals surface area contributed by atoms with Crippen LogP contribution in [0.5, 0.6) is 5.75 Å². The second-order valence-electron chi connectivity index (χ2n) is 7.83. The Morgan fingerprint density at radius 3 is 2.36 bits per heavy atom. The molecule has 1 aliphatic heterocycles. The molecule has 0 spiro atoms. The number of nitrogens with one attached hydrogen (secondary N) is 1. The number of piperidine rings is 1. The summed E-state index contributed by atoms with van der Waals surface area (Å²) in [5.41, 5.74) is 0.235.